The van der Waals surface area contributed by atoms with Gasteiger partial charge in [-0.2, -0.15) is 0 Å². The topological polar surface area (TPSA) is 9.86 Å². The summed E-state index contributed by atoms with van der Waals surface area (Å²) in [6.45, 7) is 0. The van der Waals surface area contributed by atoms with E-state index in [2.05, 4.69) is 167 Å². The Kier molecular flexibility index (Phi) is 4.93. The Labute approximate surface area is 243 Å². The largest absolute Gasteiger partial charge is 0.309 e. The van der Waals surface area contributed by atoms with E-state index in [0.717, 1.165) is 5.69 Å². The number of hydrogen-bond donors (Lipinski definition) is 0. The van der Waals surface area contributed by atoms with Crippen molar-refractivity contribution < 1.29 is 0 Å². The van der Waals surface area contributed by atoms with Crippen LogP contribution in [0.15, 0.2) is 158 Å². The molecule has 0 fully saturated rings. The molecule has 0 atom stereocenters. The first-order valence-electron chi connectivity index (χ1n) is 14.5. The minimum Gasteiger partial charge on any atom is -0.309 e. The average molecular weight is 535 g/mol. The molecule has 0 saturated heterocycles. The maximum atomic E-state index is 2.47. The molecule has 2 heterocycles. The van der Waals surface area contributed by atoms with Gasteiger partial charge in [-0.25, -0.2) is 0 Å². The summed E-state index contributed by atoms with van der Waals surface area (Å²) in [5.41, 5.74) is 9.68. The Bertz CT molecular complexity index is 2450. The second-order valence-electron chi connectivity index (χ2n) is 11.0. The van der Waals surface area contributed by atoms with Gasteiger partial charge in [-0.05, 0) is 52.9 Å². The van der Waals surface area contributed by atoms with Gasteiger partial charge >= 0.3 is 0 Å². The van der Waals surface area contributed by atoms with Crippen LogP contribution in [0.4, 0.5) is 0 Å². The van der Waals surface area contributed by atoms with E-state index >= 15 is 0 Å². The molecular weight excluding hydrogens is 508 g/mol. The number of rotatable bonds is 3. The van der Waals surface area contributed by atoms with Crippen LogP contribution < -0.4 is 0 Å². The van der Waals surface area contributed by atoms with Crippen LogP contribution in [-0.2, 0) is 0 Å². The summed E-state index contributed by atoms with van der Waals surface area (Å²) in [5, 5.41) is 7.56. The number of fused-ring (bicyclic) bond motifs is 8. The third-order valence-electron chi connectivity index (χ3n) is 8.69. The lowest BCUT2D eigenvalue weighted by atomic mass is 10.0. The first-order valence-corrected chi connectivity index (χ1v) is 14.5. The Hall–Kier alpha value is -5.60. The van der Waals surface area contributed by atoms with E-state index in [1.165, 1.54) is 71.2 Å². The molecule has 0 aliphatic carbocycles. The van der Waals surface area contributed by atoms with Crippen molar-refractivity contribution in [2.45, 2.75) is 0 Å². The van der Waals surface area contributed by atoms with Crippen LogP contribution in [0, 0.1) is 0 Å². The van der Waals surface area contributed by atoms with Gasteiger partial charge in [0, 0.05) is 32.6 Å². The van der Waals surface area contributed by atoms with Crippen molar-refractivity contribution in [2.24, 2.45) is 0 Å². The van der Waals surface area contributed by atoms with Crippen LogP contribution in [0.1, 0.15) is 0 Å². The molecule has 7 aromatic carbocycles. The maximum absolute atomic E-state index is 2.47. The molecule has 2 heteroatoms. The van der Waals surface area contributed by atoms with Gasteiger partial charge in [0.15, 0.2) is 0 Å². The Morgan fingerprint density at radius 2 is 1.00 bits per heavy atom. The molecule has 0 aliphatic heterocycles. The lowest BCUT2D eigenvalue weighted by Crippen LogP contribution is -1.96. The quantitative estimate of drug-likeness (QED) is 0.213. The average Bonchev–Trinajstić information content (AvgIpc) is 3.58. The summed E-state index contributed by atoms with van der Waals surface area (Å²) in [7, 11) is 0. The van der Waals surface area contributed by atoms with E-state index in [1.54, 1.807) is 0 Å². The highest BCUT2D eigenvalue weighted by Crippen LogP contribution is 2.42. The molecule has 2 aromatic heterocycles. The highest BCUT2D eigenvalue weighted by Gasteiger charge is 2.21. The van der Waals surface area contributed by atoms with Crippen LogP contribution in [0.3, 0.4) is 0 Å². The highest BCUT2D eigenvalue weighted by molar-refractivity contribution is 6.26. The first-order chi connectivity index (χ1) is 20.9. The lowest BCUT2D eigenvalue weighted by molar-refractivity contribution is 1.18. The van der Waals surface area contributed by atoms with Gasteiger partial charge in [0.05, 0.1) is 27.8 Å². The Balaban J connectivity index is 1.45. The molecule has 0 bridgehead atoms. The van der Waals surface area contributed by atoms with E-state index in [1.807, 2.05) is 0 Å². The molecule has 2 nitrogen and oxygen atoms in total. The second-order valence-corrected chi connectivity index (χ2v) is 11.0. The zero-order valence-electron chi connectivity index (χ0n) is 22.9. The number of hydrogen-bond acceptors (Lipinski definition) is 0. The van der Waals surface area contributed by atoms with E-state index in [-0.39, 0.29) is 0 Å². The number of benzene rings is 7. The molecule has 9 rings (SSSR count). The summed E-state index contributed by atoms with van der Waals surface area (Å²) >= 11 is 0. The fraction of sp³-hybridized carbons (Fsp3) is 0. The predicted octanol–water partition coefficient (Wildman–Crippen LogP) is 10.7. The smallest absolute Gasteiger partial charge is 0.0641 e. The van der Waals surface area contributed by atoms with Crippen molar-refractivity contribution in [1.29, 1.82) is 0 Å². The Morgan fingerprint density at radius 3 is 1.86 bits per heavy atom. The van der Waals surface area contributed by atoms with E-state index < -0.39 is 0 Å². The fourth-order valence-corrected chi connectivity index (χ4v) is 6.89. The van der Waals surface area contributed by atoms with Crippen LogP contribution >= 0.6 is 0 Å². The molecule has 0 spiro atoms. The van der Waals surface area contributed by atoms with Crippen LogP contribution in [-0.4, -0.2) is 9.13 Å². The van der Waals surface area contributed by atoms with Crippen molar-refractivity contribution in [1.82, 2.24) is 9.13 Å². The second kappa shape index (κ2) is 8.95. The van der Waals surface area contributed by atoms with E-state index in [4.69, 9.17) is 0 Å². The van der Waals surface area contributed by atoms with Gasteiger partial charge in [0.2, 0.25) is 0 Å². The minimum atomic E-state index is 1.16. The zero-order valence-corrected chi connectivity index (χ0v) is 22.9. The summed E-state index contributed by atoms with van der Waals surface area (Å²) in [4.78, 5) is 0. The van der Waals surface area contributed by atoms with Crippen molar-refractivity contribution >= 4 is 54.4 Å². The summed E-state index contributed by atoms with van der Waals surface area (Å²) < 4.78 is 4.92. The standard InChI is InChI=1S/C40H26N2/c1-2-12-27(13-3-1)29-16-10-17-30(26-29)41-36-21-8-6-19-32(36)33-24-25-38-39(40(33)41)34-20-7-9-22-37(34)42(38)35-23-11-15-28-14-4-5-18-31(28)35/h1-26H. The monoisotopic (exact) mass is 534 g/mol. The molecule has 0 aliphatic rings. The number of para-hydroxylation sites is 2. The molecular formula is C40H26N2. The SMILES string of the molecule is c1ccc(-c2cccc(-n3c4ccccc4c4ccc5c(c6ccccc6n5-c5cccc6ccccc56)c43)c2)cc1. The molecule has 42 heavy (non-hydrogen) atoms. The van der Waals surface area contributed by atoms with Crippen molar-refractivity contribution in [2.75, 3.05) is 0 Å². The van der Waals surface area contributed by atoms with E-state index in [9.17, 15) is 0 Å². The predicted molar refractivity (Wildman–Crippen MR) is 178 cm³/mol. The van der Waals surface area contributed by atoms with Crippen LogP contribution in [0.5, 0.6) is 0 Å². The lowest BCUT2D eigenvalue weighted by Gasteiger charge is -2.13. The van der Waals surface area contributed by atoms with Gasteiger partial charge in [0.1, 0.15) is 0 Å². The van der Waals surface area contributed by atoms with E-state index in [0.29, 0.717) is 0 Å². The first kappa shape index (κ1) is 23.1. The fourth-order valence-electron chi connectivity index (χ4n) is 6.89. The minimum absolute atomic E-state index is 1.16. The van der Waals surface area contributed by atoms with Crippen molar-refractivity contribution in [3.8, 4) is 22.5 Å². The molecule has 9 aromatic rings. The highest BCUT2D eigenvalue weighted by atomic mass is 15.0. The van der Waals surface area contributed by atoms with Gasteiger partial charge in [-0.15, -0.1) is 0 Å². The normalized spacial score (nSPS) is 11.8. The summed E-state index contributed by atoms with van der Waals surface area (Å²) in [6, 6.07) is 57.2. The Morgan fingerprint density at radius 1 is 0.357 bits per heavy atom. The van der Waals surface area contributed by atoms with Gasteiger partial charge in [-0.1, -0.05) is 121 Å². The number of nitrogens with zero attached hydrogens (tertiary/aromatic N) is 2. The third-order valence-corrected chi connectivity index (χ3v) is 8.69. The maximum Gasteiger partial charge on any atom is 0.0641 e. The molecule has 0 unspecified atom stereocenters. The molecule has 0 amide bonds. The molecule has 196 valence electrons. The summed E-state index contributed by atoms with van der Waals surface area (Å²) in [5.74, 6) is 0. The van der Waals surface area contributed by atoms with Gasteiger partial charge < -0.3 is 9.13 Å². The van der Waals surface area contributed by atoms with Crippen LogP contribution in [0.25, 0.3) is 76.9 Å². The molecule has 0 radical (unpaired) electrons. The van der Waals surface area contributed by atoms with Gasteiger partial charge in [0.25, 0.3) is 0 Å². The van der Waals surface area contributed by atoms with Crippen LogP contribution in [0.2, 0.25) is 0 Å². The van der Waals surface area contributed by atoms with Gasteiger partial charge in [-0.3, -0.25) is 0 Å². The molecule has 0 saturated carbocycles. The van der Waals surface area contributed by atoms with Crippen molar-refractivity contribution in [3.63, 3.8) is 0 Å². The third kappa shape index (κ3) is 3.27. The summed E-state index contributed by atoms with van der Waals surface area (Å²) in [6.07, 6.45) is 0. The number of aromatic nitrogens is 2. The molecule has 0 N–H and O–H groups in total. The van der Waals surface area contributed by atoms with Crippen molar-refractivity contribution in [3.05, 3.63) is 158 Å². The zero-order chi connectivity index (χ0) is 27.6.